The van der Waals surface area contributed by atoms with Crippen molar-refractivity contribution in [1.82, 2.24) is 0 Å². The lowest BCUT2D eigenvalue weighted by atomic mass is 9.76. The standard InChI is InChI=1S/C11H18N2/c1-5-11(3,4)10-6-7-12-13-9(2)8-10/h6-8,10H,5H2,1-4H3. The van der Waals surface area contributed by atoms with Gasteiger partial charge in [0.1, 0.15) is 0 Å². The van der Waals surface area contributed by atoms with Gasteiger partial charge >= 0.3 is 0 Å². The fourth-order valence-corrected chi connectivity index (χ4v) is 1.33. The number of hydrogen-bond donors (Lipinski definition) is 0. The molecule has 13 heavy (non-hydrogen) atoms. The summed E-state index contributed by atoms with van der Waals surface area (Å²) >= 11 is 0. The summed E-state index contributed by atoms with van der Waals surface area (Å²) in [6.45, 7) is 8.76. The number of rotatable bonds is 2. The Bertz CT molecular complexity index is 259. The molecular weight excluding hydrogens is 160 g/mol. The van der Waals surface area contributed by atoms with Crippen LogP contribution in [0.2, 0.25) is 0 Å². The van der Waals surface area contributed by atoms with E-state index in [0.717, 1.165) is 12.1 Å². The van der Waals surface area contributed by atoms with Crippen LogP contribution in [0.5, 0.6) is 0 Å². The highest BCUT2D eigenvalue weighted by Crippen LogP contribution is 2.34. The second-order valence-electron chi connectivity index (χ2n) is 4.23. The largest absolute Gasteiger partial charge is 0.159 e. The van der Waals surface area contributed by atoms with Crippen molar-refractivity contribution in [2.24, 2.45) is 21.6 Å². The second kappa shape index (κ2) is 3.86. The van der Waals surface area contributed by atoms with Crippen LogP contribution < -0.4 is 0 Å². The van der Waals surface area contributed by atoms with E-state index in [0.29, 0.717) is 11.3 Å². The molecule has 0 fully saturated rings. The van der Waals surface area contributed by atoms with Crippen molar-refractivity contribution in [3.05, 3.63) is 24.0 Å². The molecule has 1 atom stereocenters. The van der Waals surface area contributed by atoms with Crippen molar-refractivity contribution in [3.8, 4) is 0 Å². The van der Waals surface area contributed by atoms with Crippen LogP contribution in [0.1, 0.15) is 34.1 Å². The third-order valence-electron chi connectivity index (χ3n) is 2.81. The molecule has 2 heteroatoms. The maximum atomic E-state index is 4.02. The van der Waals surface area contributed by atoms with Crippen LogP contribution >= 0.6 is 0 Å². The Kier molecular flexibility index (Phi) is 3.02. The molecule has 0 radical (unpaired) electrons. The molecule has 0 aromatic rings. The van der Waals surface area contributed by atoms with Gasteiger partial charge in [0.2, 0.25) is 0 Å². The summed E-state index contributed by atoms with van der Waals surface area (Å²) in [5, 5.41) is 7.95. The fraction of sp³-hybridized carbons (Fsp3) is 0.636. The van der Waals surface area contributed by atoms with E-state index >= 15 is 0 Å². The molecule has 0 spiro atoms. The molecule has 0 saturated heterocycles. The second-order valence-corrected chi connectivity index (χ2v) is 4.23. The summed E-state index contributed by atoms with van der Waals surface area (Å²) < 4.78 is 0. The third-order valence-corrected chi connectivity index (χ3v) is 2.81. The molecule has 1 rings (SSSR count). The summed E-state index contributed by atoms with van der Waals surface area (Å²) in [7, 11) is 0. The van der Waals surface area contributed by atoms with Crippen LogP contribution in [0.25, 0.3) is 0 Å². The molecule has 72 valence electrons. The first-order chi connectivity index (χ1) is 6.06. The average Bonchev–Trinajstić information content (AvgIpc) is 2.30. The van der Waals surface area contributed by atoms with Crippen molar-refractivity contribution in [2.75, 3.05) is 0 Å². The van der Waals surface area contributed by atoms with E-state index in [1.54, 1.807) is 6.20 Å². The SMILES string of the molecule is CCC(C)(C)C1C=CN=NC(C)=C1. The molecule has 2 nitrogen and oxygen atoms in total. The van der Waals surface area contributed by atoms with Crippen LogP contribution in [0.4, 0.5) is 0 Å². The van der Waals surface area contributed by atoms with E-state index in [9.17, 15) is 0 Å². The fourth-order valence-electron chi connectivity index (χ4n) is 1.33. The quantitative estimate of drug-likeness (QED) is 0.612. The molecule has 0 bridgehead atoms. The van der Waals surface area contributed by atoms with Crippen molar-refractivity contribution >= 4 is 0 Å². The van der Waals surface area contributed by atoms with Crippen LogP contribution in [-0.2, 0) is 0 Å². The van der Waals surface area contributed by atoms with Gasteiger partial charge in [-0.1, -0.05) is 39.3 Å². The van der Waals surface area contributed by atoms with Crippen molar-refractivity contribution in [2.45, 2.75) is 34.1 Å². The smallest absolute Gasteiger partial charge is 0.0566 e. The summed E-state index contributed by atoms with van der Waals surface area (Å²) in [5.41, 5.74) is 1.31. The number of azo groups is 1. The molecular formula is C11H18N2. The molecule has 0 aliphatic carbocycles. The Hall–Kier alpha value is -0.920. The van der Waals surface area contributed by atoms with Crippen LogP contribution in [-0.4, -0.2) is 0 Å². The van der Waals surface area contributed by atoms with E-state index in [1.165, 1.54) is 0 Å². The van der Waals surface area contributed by atoms with Crippen LogP contribution in [0.15, 0.2) is 34.3 Å². The summed E-state index contributed by atoms with van der Waals surface area (Å²) in [6.07, 6.45) is 7.28. The Morgan fingerprint density at radius 3 is 2.77 bits per heavy atom. The van der Waals surface area contributed by atoms with Crippen molar-refractivity contribution in [1.29, 1.82) is 0 Å². The van der Waals surface area contributed by atoms with Crippen molar-refractivity contribution < 1.29 is 0 Å². The predicted molar refractivity (Wildman–Crippen MR) is 55.3 cm³/mol. The molecule has 1 aliphatic rings. The highest BCUT2D eigenvalue weighted by atomic mass is 15.1. The molecule has 1 unspecified atom stereocenters. The summed E-state index contributed by atoms with van der Waals surface area (Å²) in [5.74, 6) is 0.451. The van der Waals surface area contributed by atoms with Gasteiger partial charge in [-0.3, -0.25) is 0 Å². The summed E-state index contributed by atoms with van der Waals surface area (Å²) in [4.78, 5) is 0. The molecule has 0 saturated carbocycles. The topological polar surface area (TPSA) is 24.7 Å². The lowest BCUT2D eigenvalue weighted by Gasteiger charge is -2.28. The highest BCUT2D eigenvalue weighted by Gasteiger charge is 2.24. The first kappa shape index (κ1) is 10.2. The summed E-state index contributed by atoms with van der Waals surface area (Å²) in [6, 6.07) is 0. The van der Waals surface area contributed by atoms with Gasteiger partial charge in [-0.25, -0.2) is 0 Å². The molecule has 1 aliphatic heterocycles. The van der Waals surface area contributed by atoms with E-state index in [2.05, 4.69) is 43.2 Å². The van der Waals surface area contributed by atoms with Gasteiger partial charge in [0.15, 0.2) is 0 Å². The van der Waals surface area contributed by atoms with Gasteiger partial charge in [0.05, 0.1) is 5.70 Å². The third kappa shape index (κ3) is 2.51. The van der Waals surface area contributed by atoms with Gasteiger partial charge in [0.25, 0.3) is 0 Å². The molecule has 0 aromatic heterocycles. The van der Waals surface area contributed by atoms with Crippen LogP contribution in [0.3, 0.4) is 0 Å². The zero-order chi connectivity index (χ0) is 9.90. The normalized spacial score (nSPS) is 22.8. The number of nitrogens with zero attached hydrogens (tertiary/aromatic N) is 2. The Balaban J connectivity index is 2.88. The van der Waals surface area contributed by atoms with E-state index in [1.807, 2.05) is 6.92 Å². The minimum Gasteiger partial charge on any atom is -0.159 e. The molecule has 0 N–H and O–H groups in total. The Morgan fingerprint density at radius 2 is 2.15 bits per heavy atom. The maximum absolute atomic E-state index is 4.02. The first-order valence-electron chi connectivity index (χ1n) is 4.82. The minimum absolute atomic E-state index is 0.299. The molecule has 0 amide bonds. The zero-order valence-electron chi connectivity index (χ0n) is 8.91. The monoisotopic (exact) mass is 178 g/mol. The van der Waals surface area contributed by atoms with Gasteiger partial charge in [-0.2, -0.15) is 10.2 Å². The van der Waals surface area contributed by atoms with Gasteiger partial charge in [-0.15, -0.1) is 0 Å². The average molecular weight is 178 g/mol. The lowest BCUT2D eigenvalue weighted by Crippen LogP contribution is -2.19. The van der Waals surface area contributed by atoms with Crippen molar-refractivity contribution in [3.63, 3.8) is 0 Å². The maximum Gasteiger partial charge on any atom is 0.0566 e. The Labute approximate surface area is 80.5 Å². The van der Waals surface area contributed by atoms with E-state index in [4.69, 9.17) is 0 Å². The first-order valence-corrected chi connectivity index (χ1v) is 4.82. The van der Waals surface area contributed by atoms with E-state index < -0.39 is 0 Å². The Morgan fingerprint density at radius 1 is 1.46 bits per heavy atom. The predicted octanol–water partition coefficient (Wildman–Crippen LogP) is 3.92. The van der Waals surface area contributed by atoms with Gasteiger partial charge in [-0.05, 0) is 12.3 Å². The molecule has 0 aromatic carbocycles. The minimum atomic E-state index is 0.299. The highest BCUT2D eigenvalue weighted by molar-refractivity contribution is 5.11. The zero-order valence-corrected chi connectivity index (χ0v) is 8.91. The molecule has 1 heterocycles. The van der Waals surface area contributed by atoms with Gasteiger partial charge < -0.3 is 0 Å². The lowest BCUT2D eigenvalue weighted by molar-refractivity contribution is 0.290. The number of allylic oxidation sites excluding steroid dienone is 3. The van der Waals surface area contributed by atoms with Crippen LogP contribution in [0, 0.1) is 11.3 Å². The number of hydrogen-bond acceptors (Lipinski definition) is 2. The van der Waals surface area contributed by atoms with E-state index in [-0.39, 0.29) is 0 Å². The van der Waals surface area contributed by atoms with Gasteiger partial charge in [0, 0.05) is 12.1 Å².